The van der Waals surface area contributed by atoms with Crippen molar-refractivity contribution in [1.29, 1.82) is 0 Å². The third-order valence-electron chi connectivity index (χ3n) is 5.27. The van der Waals surface area contributed by atoms with Gasteiger partial charge < -0.3 is 25.0 Å². The van der Waals surface area contributed by atoms with Gasteiger partial charge in [-0.2, -0.15) is 0 Å². The van der Waals surface area contributed by atoms with Gasteiger partial charge in [-0.3, -0.25) is 4.79 Å². The number of phenolic OH excluding ortho intramolecular Hbond substituents is 1. The number of aromatic hydroxyl groups is 1. The Labute approximate surface area is 166 Å². The molecule has 1 aromatic heterocycles. The molecule has 0 amide bonds. The van der Waals surface area contributed by atoms with Gasteiger partial charge >= 0.3 is 0 Å². The molecule has 1 atom stereocenters. The van der Waals surface area contributed by atoms with Gasteiger partial charge in [0.1, 0.15) is 12.7 Å². The van der Waals surface area contributed by atoms with E-state index in [0.29, 0.717) is 21.7 Å². The van der Waals surface area contributed by atoms with E-state index in [1.165, 1.54) is 6.07 Å². The zero-order valence-electron chi connectivity index (χ0n) is 15.4. The molecular weight excluding hydrogens is 382 g/mol. The van der Waals surface area contributed by atoms with E-state index in [0.717, 1.165) is 16.6 Å². The highest BCUT2D eigenvalue weighted by Crippen LogP contribution is 2.46. The first kappa shape index (κ1) is 18.8. The van der Waals surface area contributed by atoms with Crippen LogP contribution < -0.4 is 4.74 Å². The Balaban J connectivity index is 1.87. The van der Waals surface area contributed by atoms with E-state index in [1.807, 2.05) is 19.9 Å². The summed E-state index contributed by atoms with van der Waals surface area (Å²) in [5, 5.41) is 30.1. The lowest BCUT2D eigenvalue weighted by Gasteiger charge is -2.32. The molecule has 0 aliphatic heterocycles. The van der Waals surface area contributed by atoms with Crippen molar-refractivity contribution in [2.24, 2.45) is 0 Å². The van der Waals surface area contributed by atoms with Gasteiger partial charge in [0.25, 0.3) is 0 Å². The molecule has 28 heavy (non-hydrogen) atoms. The van der Waals surface area contributed by atoms with Gasteiger partial charge in [-0.1, -0.05) is 31.5 Å². The molecule has 0 bridgehead atoms. The van der Waals surface area contributed by atoms with Gasteiger partial charge in [0.05, 0.1) is 12.2 Å². The SMILES string of the molecule is CC1(C)c2cc(OC[C@@H](O)CO)c(O)cc2C(=O)c2c1[nH]c1cc(Cl)ccc21. The first-order valence-electron chi connectivity index (χ1n) is 8.89. The first-order chi connectivity index (χ1) is 13.2. The Morgan fingerprint density at radius 2 is 2.00 bits per heavy atom. The average molecular weight is 402 g/mol. The number of carbonyl (C=O) groups excluding carboxylic acids is 1. The summed E-state index contributed by atoms with van der Waals surface area (Å²) in [7, 11) is 0. The Kier molecular flexibility index (Phi) is 4.38. The number of H-pyrrole nitrogens is 1. The zero-order chi connectivity index (χ0) is 20.2. The van der Waals surface area contributed by atoms with Crippen LogP contribution in [0.2, 0.25) is 5.02 Å². The van der Waals surface area contributed by atoms with Crippen molar-refractivity contribution in [2.75, 3.05) is 13.2 Å². The molecule has 3 aromatic rings. The third kappa shape index (κ3) is 2.76. The molecule has 0 saturated carbocycles. The number of aliphatic hydroxyl groups excluding tert-OH is 2. The number of halogens is 1. The van der Waals surface area contributed by atoms with E-state index in [-0.39, 0.29) is 23.9 Å². The van der Waals surface area contributed by atoms with Crippen molar-refractivity contribution in [3.8, 4) is 11.5 Å². The van der Waals surface area contributed by atoms with Gasteiger partial charge in [-0.15, -0.1) is 0 Å². The molecule has 0 spiro atoms. The van der Waals surface area contributed by atoms with Crippen molar-refractivity contribution >= 4 is 28.3 Å². The van der Waals surface area contributed by atoms with Gasteiger partial charge in [0, 0.05) is 32.6 Å². The maximum Gasteiger partial charge on any atom is 0.195 e. The normalized spacial score (nSPS) is 16.0. The molecule has 1 aliphatic rings. The molecule has 4 rings (SSSR count). The number of carbonyl (C=O) groups is 1. The summed E-state index contributed by atoms with van der Waals surface area (Å²) in [6.45, 7) is 3.35. The van der Waals surface area contributed by atoms with Gasteiger partial charge in [0.15, 0.2) is 17.3 Å². The highest BCUT2D eigenvalue weighted by atomic mass is 35.5. The van der Waals surface area contributed by atoms with Crippen LogP contribution in [0.25, 0.3) is 10.9 Å². The number of aromatic nitrogens is 1. The highest BCUT2D eigenvalue weighted by molar-refractivity contribution is 6.31. The maximum absolute atomic E-state index is 13.3. The molecule has 146 valence electrons. The van der Waals surface area contributed by atoms with Gasteiger partial charge in [-0.05, 0) is 29.8 Å². The number of fused-ring (bicyclic) bond motifs is 4. The molecule has 0 radical (unpaired) electrons. The summed E-state index contributed by atoms with van der Waals surface area (Å²) in [6, 6.07) is 8.37. The number of phenols is 1. The number of aromatic amines is 1. The predicted molar refractivity (Wildman–Crippen MR) is 106 cm³/mol. The molecular formula is C21H20ClNO5. The van der Waals surface area contributed by atoms with Crippen LogP contribution in [0.3, 0.4) is 0 Å². The predicted octanol–water partition coefficient (Wildman–Crippen LogP) is 3.13. The number of ether oxygens (including phenoxy) is 1. The van der Waals surface area contributed by atoms with Crippen LogP contribution in [0.5, 0.6) is 11.5 Å². The average Bonchev–Trinajstić information content (AvgIpc) is 3.04. The van der Waals surface area contributed by atoms with Crippen molar-refractivity contribution in [2.45, 2.75) is 25.4 Å². The lowest BCUT2D eigenvalue weighted by atomic mass is 9.71. The van der Waals surface area contributed by atoms with E-state index >= 15 is 0 Å². The molecule has 7 heteroatoms. The quantitative estimate of drug-likeness (QED) is 0.538. The minimum atomic E-state index is -1.06. The maximum atomic E-state index is 13.3. The lowest BCUT2D eigenvalue weighted by molar-refractivity contribution is 0.0527. The van der Waals surface area contributed by atoms with Crippen LogP contribution in [-0.4, -0.2) is 45.4 Å². The summed E-state index contributed by atoms with van der Waals surface area (Å²) in [4.78, 5) is 16.6. The van der Waals surface area contributed by atoms with Crippen LogP contribution in [0, 0.1) is 0 Å². The first-order valence-corrected chi connectivity index (χ1v) is 9.27. The van der Waals surface area contributed by atoms with Crippen LogP contribution in [0.15, 0.2) is 30.3 Å². The van der Waals surface area contributed by atoms with Crippen LogP contribution in [-0.2, 0) is 5.41 Å². The number of aliphatic hydroxyl groups is 2. The number of nitrogens with one attached hydrogen (secondary N) is 1. The second-order valence-corrected chi connectivity index (χ2v) is 7.97. The third-order valence-corrected chi connectivity index (χ3v) is 5.51. The Bertz CT molecular complexity index is 1100. The minimum absolute atomic E-state index is 0.148. The summed E-state index contributed by atoms with van der Waals surface area (Å²) >= 11 is 6.10. The molecule has 0 fully saturated rings. The smallest absolute Gasteiger partial charge is 0.195 e. The molecule has 1 aliphatic carbocycles. The van der Waals surface area contributed by atoms with Crippen molar-refractivity contribution < 1.29 is 24.9 Å². The van der Waals surface area contributed by atoms with E-state index in [4.69, 9.17) is 21.4 Å². The van der Waals surface area contributed by atoms with Gasteiger partial charge in [-0.25, -0.2) is 0 Å². The number of hydrogen-bond acceptors (Lipinski definition) is 5. The number of rotatable bonds is 4. The standard InChI is InChI=1S/C21H20ClNO5/c1-21(2)14-7-17(28-9-11(25)8-24)16(26)6-13(14)19(27)18-12-4-3-10(22)5-15(12)23-20(18)21/h3-7,11,23-26H,8-9H2,1-2H3/t11-/m0/s1. The monoisotopic (exact) mass is 401 g/mol. The Morgan fingerprint density at radius 1 is 1.25 bits per heavy atom. The summed E-state index contributed by atoms with van der Waals surface area (Å²) in [6.07, 6.45) is -1.06. The second kappa shape index (κ2) is 6.51. The largest absolute Gasteiger partial charge is 0.504 e. The fourth-order valence-corrected chi connectivity index (χ4v) is 3.94. The molecule has 1 heterocycles. The zero-order valence-corrected chi connectivity index (χ0v) is 16.2. The number of benzene rings is 2. The summed E-state index contributed by atoms with van der Waals surface area (Å²) in [5.41, 5.74) is 2.67. The minimum Gasteiger partial charge on any atom is -0.504 e. The van der Waals surface area contributed by atoms with Crippen LogP contribution in [0.4, 0.5) is 0 Å². The number of hydrogen-bond donors (Lipinski definition) is 4. The molecule has 4 N–H and O–H groups in total. The Hall–Kier alpha value is -2.54. The molecule has 2 aromatic carbocycles. The Morgan fingerprint density at radius 3 is 2.71 bits per heavy atom. The lowest BCUT2D eigenvalue weighted by Crippen LogP contribution is -2.30. The topological polar surface area (TPSA) is 103 Å². The summed E-state index contributed by atoms with van der Waals surface area (Å²) in [5.74, 6) is -0.232. The van der Waals surface area contributed by atoms with Crippen molar-refractivity contribution in [1.82, 2.24) is 4.98 Å². The van der Waals surface area contributed by atoms with E-state index in [2.05, 4.69) is 4.98 Å². The molecule has 6 nitrogen and oxygen atoms in total. The van der Waals surface area contributed by atoms with E-state index in [9.17, 15) is 15.0 Å². The van der Waals surface area contributed by atoms with Crippen LogP contribution in [0.1, 0.15) is 41.0 Å². The van der Waals surface area contributed by atoms with E-state index in [1.54, 1.807) is 18.2 Å². The van der Waals surface area contributed by atoms with Crippen molar-refractivity contribution in [3.63, 3.8) is 0 Å². The summed E-state index contributed by atoms with van der Waals surface area (Å²) < 4.78 is 5.45. The molecule has 0 unspecified atom stereocenters. The fraction of sp³-hybridized carbons (Fsp3) is 0.286. The van der Waals surface area contributed by atoms with Crippen LogP contribution >= 0.6 is 11.6 Å². The second-order valence-electron chi connectivity index (χ2n) is 7.53. The van der Waals surface area contributed by atoms with E-state index < -0.39 is 18.1 Å². The highest BCUT2D eigenvalue weighted by Gasteiger charge is 2.40. The molecule has 0 saturated heterocycles. The van der Waals surface area contributed by atoms with Crippen molar-refractivity contribution in [3.05, 3.63) is 57.7 Å². The van der Waals surface area contributed by atoms with Gasteiger partial charge in [0.2, 0.25) is 0 Å². The number of ketones is 1. The fourth-order valence-electron chi connectivity index (χ4n) is 3.77.